The van der Waals surface area contributed by atoms with Crippen LogP contribution in [0.15, 0.2) is 75.4 Å². The Morgan fingerprint density at radius 3 is 1.29 bits per heavy atom. The molecule has 5 heteroatoms. The van der Waals surface area contributed by atoms with Gasteiger partial charge in [-0.1, -0.05) is 17.7 Å². The van der Waals surface area contributed by atoms with Gasteiger partial charge in [0.25, 0.3) is 0 Å². The van der Waals surface area contributed by atoms with Crippen LogP contribution >= 0.6 is 10.9 Å². The van der Waals surface area contributed by atoms with Crippen molar-refractivity contribution in [1.29, 1.82) is 0 Å². The lowest BCUT2D eigenvalue weighted by Gasteiger charge is -2.23. The van der Waals surface area contributed by atoms with Gasteiger partial charge in [0.05, 0.1) is 0 Å². The fraction of sp³-hybridized carbons (Fsp3) is 0.0526. The minimum Gasteiger partial charge on any atom is -0.207 e. The summed E-state index contributed by atoms with van der Waals surface area (Å²) < 4.78 is 54.7. The summed E-state index contributed by atoms with van der Waals surface area (Å²) in [7, 11) is -1.48. The molecule has 0 unspecified atom stereocenters. The molecule has 0 spiro atoms. The van der Waals surface area contributed by atoms with E-state index in [9.17, 15) is 17.6 Å². The fourth-order valence-electron chi connectivity index (χ4n) is 2.48. The third kappa shape index (κ3) is 3.62. The summed E-state index contributed by atoms with van der Waals surface area (Å²) in [5.74, 6) is -2.88. The Balaban J connectivity index is 2.21. The van der Waals surface area contributed by atoms with Crippen LogP contribution in [0.25, 0.3) is 0 Å². The molecule has 0 saturated heterocycles. The summed E-state index contributed by atoms with van der Waals surface area (Å²) in [6, 6.07) is 13.7. The molecule has 3 aromatic rings. The van der Waals surface area contributed by atoms with Crippen LogP contribution in [0.2, 0.25) is 0 Å². The first-order chi connectivity index (χ1) is 11.4. The van der Waals surface area contributed by atoms with Crippen LogP contribution in [0.4, 0.5) is 17.6 Å². The van der Waals surface area contributed by atoms with Crippen LogP contribution in [0.3, 0.4) is 0 Å². The molecule has 0 aliphatic rings. The van der Waals surface area contributed by atoms with Crippen molar-refractivity contribution in [3.63, 3.8) is 0 Å². The molecular weight excluding hydrogens is 336 g/mol. The lowest BCUT2D eigenvalue weighted by molar-refractivity contribution is 0.576. The molecule has 0 saturated carbocycles. The molecule has 124 valence electrons. The van der Waals surface area contributed by atoms with E-state index in [1.165, 1.54) is 24.3 Å². The Bertz CT molecular complexity index is 783. The molecule has 0 fully saturated rings. The highest BCUT2D eigenvalue weighted by atomic mass is 32.2. The Kier molecular flexibility index (Phi) is 4.62. The second-order valence-electron chi connectivity index (χ2n) is 5.43. The topological polar surface area (TPSA) is 0 Å². The van der Waals surface area contributed by atoms with E-state index in [1.807, 2.05) is 31.2 Å². The van der Waals surface area contributed by atoms with E-state index in [0.29, 0.717) is 9.79 Å². The van der Waals surface area contributed by atoms with Gasteiger partial charge < -0.3 is 0 Å². The summed E-state index contributed by atoms with van der Waals surface area (Å²) in [4.78, 5) is 1.47. The molecule has 0 aromatic heterocycles. The highest BCUT2D eigenvalue weighted by Crippen LogP contribution is 2.51. The first-order valence-corrected chi connectivity index (χ1v) is 8.55. The van der Waals surface area contributed by atoms with Crippen LogP contribution in [-0.4, -0.2) is 0 Å². The molecule has 0 amide bonds. The zero-order chi connectivity index (χ0) is 17.3. The number of rotatable bonds is 3. The van der Waals surface area contributed by atoms with Crippen LogP contribution in [0.1, 0.15) is 5.56 Å². The molecule has 0 bridgehead atoms. The second kappa shape index (κ2) is 6.69. The van der Waals surface area contributed by atoms with E-state index >= 15 is 0 Å². The van der Waals surface area contributed by atoms with Gasteiger partial charge in [0, 0.05) is 21.9 Å². The standard InChI is InChI=1S/C19H14F4S/c1-12-2-4-17(5-3-12)24(18-8-13(20)6-14(21)9-18)19-10-15(22)7-16(23)11-19/h2-11,24H,1H3. The molecule has 0 atom stereocenters. The Labute approximate surface area is 140 Å². The zero-order valence-corrected chi connectivity index (χ0v) is 13.6. The van der Waals surface area contributed by atoms with Crippen LogP contribution < -0.4 is 0 Å². The summed E-state index contributed by atoms with van der Waals surface area (Å²) in [6.45, 7) is 1.91. The molecule has 0 N–H and O–H groups in total. The van der Waals surface area contributed by atoms with Gasteiger partial charge in [-0.25, -0.2) is 17.6 Å². The monoisotopic (exact) mass is 350 g/mol. The first-order valence-electron chi connectivity index (χ1n) is 7.21. The normalized spacial score (nSPS) is 11.5. The highest BCUT2D eigenvalue weighted by molar-refractivity contribution is 8.17. The van der Waals surface area contributed by atoms with Crippen molar-refractivity contribution in [2.75, 3.05) is 0 Å². The van der Waals surface area contributed by atoms with E-state index in [1.54, 1.807) is 0 Å². The molecule has 24 heavy (non-hydrogen) atoms. The maximum atomic E-state index is 13.7. The Morgan fingerprint density at radius 1 is 0.542 bits per heavy atom. The SMILES string of the molecule is Cc1ccc([SH](c2cc(F)cc(F)c2)c2cc(F)cc(F)c2)cc1. The van der Waals surface area contributed by atoms with Crippen molar-refractivity contribution in [2.45, 2.75) is 21.6 Å². The van der Waals surface area contributed by atoms with Crippen molar-refractivity contribution in [1.82, 2.24) is 0 Å². The maximum absolute atomic E-state index is 13.7. The lowest BCUT2D eigenvalue weighted by Crippen LogP contribution is -1.93. The van der Waals surface area contributed by atoms with E-state index < -0.39 is 34.2 Å². The molecule has 0 heterocycles. The number of benzene rings is 3. The molecule has 3 rings (SSSR count). The number of hydrogen-bond acceptors (Lipinski definition) is 0. The second-order valence-corrected chi connectivity index (χ2v) is 7.65. The van der Waals surface area contributed by atoms with Crippen molar-refractivity contribution >= 4 is 10.9 Å². The average molecular weight is 350 g/mol. The summed E-state index contributed by atoms with van der Waals surface area (Å²) in [5, 5.41) is 0. The van der Waals surface area contributed by atoms with Gasteiger partial charge >= 0.3 is 0 Å². The van der Waals surface area contributed by atoms with E-state index in [4.69, 9.17) is 0 Å². The van der Waals surface area contributed by atoms with Gasteiger partial charge in [0.15, 0.2) is 0 Å². The molecule has 0 nitrogen and oxygen atoms in total. The van der Waals surface area contributed by atoms with Gasteiger partial charge in [0.2, 0.25) is 0 Å². The zero-order valence-electron chi connectivity index (χ0n) is 12.7. The van der Waals surface area contributed by atoms with Crippen LogP contribution in [-0.2, 0) is 0 Å². The number of halogens is 4. The average Bonchev–Trinajstić information content (AvgIpc) is 2.47. The van der Waals surface area contributed by atoms with Gasteiger partial charge in [-0.15, -0.1) is 0 Å². The van der Waals surface area contributed by atoms with Gasteiger partial charge in [0.1, 0.15) is 23.3 Å². The Hall–Kier alpha value is -2.27. The lowest BCUT2D eigenvalue weighted by atomic mass is 10.2. The third-order valence-electron chi connectivity index (χ3n) is 3.50. The van der Waals surface area contributed by atoms with Gasteiger partial charge in [-0.2, -0.15) is 10.9 Å². The quantitative estimate of drug-likeness (QED) is 0.433. The van der Waals surface area contributed by atoms with Crippen molar-refractivity contribution < 1.29 is 17.6 Å². The molecule has 0 radical (unpaired) electrons. The minimum atomic E-state index is -1.48. The number of hydrogen-bond donors (Lipinski definition) is 1. The molecule has 3 aromatic carbocycles. The van der Waals surface area contributed by atoms with E-state index in [-0.39, 0.29) is 0 Å². The summed E-state index contributed by atoms with van der Waals surface area (Å²) >= 11 is 0. The number of aryl methyl sites for hydroxylation is 1. The van der Waals surface area contributed by atoms with Gasteiger partial charge in [-0.3, -0.25) is 0 Å². The van der Waals surface area contributed by atoms with Crippen molar-refractivity contribution in [3.05, 3.63) is 89.5 Å². The minimum absolute atomic E-state index is 0.358. The molecular formula is C19H14F4S. The molecule has 0 aliphatic heterocycles. The fourth-order valence-corrected chi connectivity index (χ4v) is 4.83. The van der Waals surface area contributed by atoms with Crippen molar-refractivity contribution in [2.24, 2.45) is 0 Å². The Morgan fingerprint density at radius 2 is 0.917 bits per heavy atom. The summed E-state index contributed by atoms with van der Waals surface area (Å²) in [6.07, 6.45) is 0. The van der Waals surface area contributed by atoms with E-state index in [2.05, 4.69) is 0 Å². The predicted molar refractivity (Wildman–Crippen MR) is 87.7 cm³/mol. The van der Waals surface area contributed by atoms with E-state index in [0.717, 1.165) is 22.6 Å². The smallest absolute Gasteiger partial charge is 0.127 e. The van der Waals surface area contributed by atoms with Gasteiger partial charge in [-0.05, 0) is 48.2 Å². The van der Waals surface area contributed by atoms with Crippen LogP contribution in [0, 0.1) is 30.2 Å². The third-order valence-corrected chi connectivity index (χ3v) is 5.87. The highest BCUT2D eigenvalue weighted by Gasteiger charge is 2.16. The number of thiol groups is 1. The van der Waals surface area contributed by atoms with Crippen LogP contribution in [0.5, 0.6) is 0 Å². The largest absolute Gasteiger partial charge is 0.207 e. The first kappa shape index (κ1) is 16.6. The predicted octanol–water partition coefficient (Wildman–Crippen LogP) is 6.03. The van der Waals surface area contributed by atoms with Crippen molar-refractivity contribution in [3.8, 4) is 0 Å². The summed E-state index contributed by atoms with van der Waals surface area (Å²) in [5.41, 5.74) is 1.02. The maximum Gasteiger partial charge on any atom is 0.127 e. The molecule has 0 aliphatic carbocycles.